The van der Waals surface area contributed by atoms with Gasteiger partial charge >= 0.3 is 0 Å². The van der Waals surface area contributed by atoms with Crippen molar-refractivity contribution in [3.05, 3.63) is 64.4 Å². The first-order chi connectivity index (χ1) is 13.2. The first-order valence-corrected chi connectivity index (χ1v) is 8.76. The Morgan fingerprint density at radius 3 is 2.78 bits per heavy atom. The van der Waals surface area contributed by atoms with Gasteiger partial charge in [0.2, 0.25) is 5.71 Å². The molecule has 4 rings (SSSR count). The van der Waals surface area contributed by atoms with Gasteiger partial charge in [-0.25, -0.2) is 4.40 Å². The van der Waals surface area contributed by atoms with Gasteiger partial charge in [0.15, 0.2) is 5.58 Å². The van der Waals surface area contributed by atoms with Crippen LogP contribution in [0.15, 0.2) is 57.7 Å². The summed E-state index contributed by atoms with van der Waals surface area (Å²) in [6.07, 6.45) is 0. The standard InChI is InChI=1S/C20H19N3O4/c24-10-9-21-7-8-22-19(25)14-5-6-16-17(11-14)27-18-12-13-3-1-2-4-15(13)20(26)23(16)18/h1-6,11-12,21,24H,7-10H2,(H,22,25). The van der Waals surface area contributed by atoms with E-state index in [-0.39, 0.29) is 18.1 Å². The molecule has 0 radical (unpaired) electrons. The monoisotopic (exact) mass is 365 g/mol. The van der Waals surface area contributed by atoms with E-state index in [1.807, 2.05) is 24.3 Å². The molecule has 0 spiro atoms. The minimum atomic E-state index is -0.222. The van der Waals surface area contributed by atoms with Gasteiger partial charge in [-0.2, -0.15) is 0 Å². The molecule has 138 valence electrons. The zero-order valence-corrected chi connectivity index (χ0v) is 14.6. The number of nitrogens with one attached hydrogen (secondary N) is 2. The smallest absolute Gasteiger partial charge is 0.265 e. The summed E-state index contributed by atoms with van der Waals surface area (Å²) >= 11 is 0. The lowest BCUT2D eigenvalue weighted by Gasteiger charge is -2.06. The molecule has 4 aromatic rings. The number of carbonyl (C=O) groups is 1. The number of pyridine rings is 1. The van der Waals surface area contributed by atoms with Crippen molar-refractivity contribution in [3.8, 4) is 0 Å². The Morgan fingerprint density at radius 2 is 1.93 bits per heavy atom. The zero-order valence-electron chi connectivity index (χ0n) is 14.6. The molecule has 1 amide bonds. The molecule has 0 aliphatic heterocycles. The van der Waals surface area contributed by atoms with Gasteiger partial charge in [0.1, 0.15) is 0 Å². The van der Waals surface area contributed by atoms with Gasteiger partial charge in [0, 0.05) is 36.7 Å². The van der Waals surface area contributed by atoms with E-state index in [0.29, 0.717) is 47.4 Å². The van der Waals surface area contributed by atoms with Crippen molar-refractivity contribution in [2.75, 3.05) is 26.2 Å². The van der Waals surface area contributed by atoms with Gasteiger partial charge in [-0.15, -0.1) is 0 Å². The van der Waals surface area contributed by atoms with E-state index in [1.54, 1.807) is 24.3 Å². The molecule has 2 heterocycles. The van der Waals surface area contributed by atoms with Gasteiger partial charge in [-0.05, 0) is 29.7 Å². The van der Waals surface area contributed by atoms with Crippen LogP contribution in [0.1, 0.15) is 10.4 Å². The maximum atomic E-state index is 12.8. The van der Waals surface area contributed by atoms with E-state index >= 15 is 0 Å². The number of aromatic nitrogens is 1. The third-order valence-corrected chi connectivity index (χ3v) is 4.45. The van der Waals surface area contributed by atoms with Gasteiger partial charge < -0.3 is 20.2 Å². The Morgan fingerprint density at radius 1 is 1.07 bits per heavy atom. The maximum Gasteiger partial charge on any atom is 0.265 e. The molecule has 0 saturated carbocycles. The molecule has 0 bridgehead atoms. The molecule has 0 aliphatic carbocycles. The Balaban J connectivity index is 1.68. The molecular formula is C20H19N3O4. The number of amides is 1. The minimum absolute atomic E-state index is 0.0606. The Bertz CT molecular complexity index is 1190. The van der Waals surface area contributed by atoms with Gasteiger partial charge in [-0.1, -0.05) is 18.2 Å². The number of aliphatic hydroxyl groups excluding tert-OH is 1. The molecular weight excluding hydrogens is 346 g/mol. The number of nitrogens with zero attached hydrogens (tertiary/aromatic N) is 1. The molecule has 0 saturated heterocycles. The SMILES string of the molecule is O=C(NCCNCCO)c1ccc2c(c1)oc1cc3ccccc3c(=O)n12. The summed E-state index contributed by atoms with van der Waals surface area (Å²) in [5, 5.41) is 15.9. The van der Waals surface area contributed by atoms with Crippen LogP contribution in [0, 0.1) is 0 Å². The van der Waals surface area contributed by atoms with Crippen molar-refractivity contribution in [1.82, 2.24) is 15.0 Å². The van der Waals surface area contributed by atoms with Crippen LogP contribution < -0.4 is 16.2 Å². The Labute approximate surface area is 154 Å². The van der Waals surface area contributed by atoms with E-state index in [0.717, 1.165) is 5.39 Å². The van der Waals surface area contributed by atoms with E-state index in [1.165, 1.54) is 4.40 Å². The average Bonchev–Trinajstić information content (AvgIpc) is 3.05. The molecule has 27 heavy (non-hydrogen) atoms. The Kier molecular flexibility index (Phi) is 4.62. The molecule has 7 heteroatoms. The quantitative estimate of drug-likeness (QED) is 0.450. The molecule has 0 atom stereocenters. The second-order valence-corrected chi connectivity index (χ2v) is 6.22. The second-order valence-electron chi connectivity index (χ2n) is 6.22. The highest BCUT2D eigenvalue weighted by Crippen LogP contribution is 2.23. The summed E-state index contributed by atoms with van der Waals surface area (Å²) in [5.41, 5.74) is 1.87. The fourth-order valence-corrected chi connectivity index (χ4v) is 3.14. The van der Waals surface area contributed by atoms with Crippen LogP contribution in [-0.4, -0.2) is 41.7 Å². The summed E-state index contributed by atoms with van der Waals surface area (Å²) in [7, 11) is 0. The predicted molar refractivity (Wildman–Crippen MR) is 103 cm³/mol. The number of carbonyl (C=O) groups excluding carboxylic acids is 1. The summed E-state index contributed by atoms with van der Waals surface area (Å²) in [6, 6.07) is 14.2. The van der Waals surface area contributed by atoms with E-state index in [9.17, 15) is 9.59 Å². The van der Waals surface area contributed by atoms with Crippen molar-refractivity contribution in [2.45, 2.75) is 0 Å². The lowest BCUT2D eigenvalue weighted by Crippen LogP contribution is -2.32. The third-order valence-electron chi connectivity index (χ3n) is 4.45. The molecule has 3 N–H and O–H groups in total. The van der Waals surface area contributed by atoms with Crippen molar-refractivity contribution >= 4 is 33.5 Å². The van der Waals surface area contributed by atoms with Crippen LogP contribution in [0.4, 0.5) is 0 Å². The fourth-order valence-electron chi connectivity index (χ4n) is 3.14. The highest BCUT2D eigenvalue weighted by Gasteiger charge is 2.14. The van der Waals surface area contributed by atoms with Crippen LogP contribution in [0.3, 0.4) is 0 Å². The number of oxazole rings is 1. The van der Waals surface area contributed by atoms with Crippen LogP contribution in [0.5, 0.6) is 0 Å². The predicted octanol–water partition coefficient (Wildman–Crippen LogP) is 1.51. The number of aliphatic hydroxyl groups is 1. The van der Waals surface area contributed by atoms with E-state index in [2.05, 4.69) is 10.6 Å². The van der Waals surface area contributed by atoms with Crippen LogP contribution >= 0.6 is 0 Å². The molecule has 0 fully saturated rings. The van der Waals surface area contributed by atoms with Crippen LogP contribution in [-0.2, 0) is 0 Å². The zero-order chi connectivity index (χ0) is 18.8. The number of rotatable bonds is 6. The van der Waals surface area contributed by atoms with Gasteiger partial charge in [0.05, 0.1) is 12.1 Å². The van der Waals surface area contributed by atoms with Crippen molar-refractivity contribution in [1.29, 1.82) is 0 Å². The lowest BCUT2D eigenvalue weighted by molar-refractivity contribution is 0.0954. The Hall–Kier alpha value is -3.16. The summed E-state index contributed by atoms with van der Waals surface area (Å²) in [6.45, 7) is 1.57. The second kappa shape index (κ2) is 7.22. The first kappa shape index (κ1) is 17.3. The third kappa shape index (κ3) is 3.18. The summed E-state index contributed by atoms with van der Waals surface area (Å²) in [5.74, 6) is -0.222. The number of hydrogen-bond acceptors (Lipinski definition) is 5. The molecule has 2 aromatic heterocycles. The van der Waals surface area contributed by atoms with Crippen molar-refractivity contribution in [2.24, 2.45) is 0 Å². The first-order valence-electron chi connectivity index (χ1n) is 8.76. The lowest BCUT2D eigenvalue weighted by atomic mass is 10.1. The van der Waals surface area contributed by atoms with Crippen LogP contribution in [0.25, 0.3) is 27.6 Å². The molecule has 7 nitrogen and oxygen atoms in total. The topological polar surface area (TPSA) is 96.0 Å². The fraction of sp³-hybridized carbons (Fsp3) is 0.200. The number of benzene rings is 2. The van der Waals surface area contributed by atoms with E-state index < -0.39 is 0 Å². The number of hydrogen-bond donors (Lipinski definition) is 3. The van der Waals surface area contributed by atoms with Gasteiger partial charge in [-0.3, -0.25) is 9.59 Å². The average molecular weight is 365 g/mol. The maximum absolute atomic E-state index is 12.8. The van der Waals surface area contributed by atoms with Crippen LogP contribution in [0.2, 0.25) is 0 Å². The highest BCUT2D eigenvalue weighted by atomic mass is 16.3. The normalized spacial score (nSPS) is 11.4. The largest absolute Gasteiger partial charge is 0.438 e. The molecule has 0 unspecified atom stereocenters. The summed E-state index contributed by atoms with van der Waals surface area (Å²) in [4.78, 5) is 25.1. The molecule has 0 aliphatic rings. The minimum Gasteiger partial charge on any atom is -0.438 e. The van der Waals surface area contributed by atoms with E-state index in [4.69, 9.17) is 9.52 Å². The van der Waals surface area contributed by atoms with Crippen molar-refractivity contribution < 1.29 is 14.3 Å². The highest BCUT2D eigenvalue weighted by molar-refractivity contribution is 5.97. The summed E-state index contributed by atoms with van der Waals surface area (Å²) < 4.78 is 7.36. The molecule has 2 aromatic carbocycles. The van der Waals surface area contributed by atoms with Crippen molar-refractivity contribution in [3.63, 3.8) is 0 Å². The number of fused-ring (bicyclic) bond motifs is 4. The van der Waals surface area contributed by atoms with Gasteiger partial charge in [0.25, 0.3) is 11.5 Å².